The second kappa shape index (κ2) is 5.33. The van der Waals surface area contributed by atoms with Crippen molar-refractivity contribution in [2.75, 3.05) is 6.61 Å². The maximum Gasteiger partial charge on any atom is 0.241 e. The predicted molar refractivity (Wildman–Crippen MR) is 81.2 cm³/mol. The van der Waals surface area contributed by atoms with Gasteiger partial charge in [-0.2, -0.15) is 0 Å². The molecule has 2 aromatic rings. The summed E-state index contributed by atoms with van der Waals surface area (Å²) in [4.78, 5) is -0.0809. The zero-order valence-electron chi connectivity index (χ0n) is 11.1. The molecule has 6 heteroatoms. The first-order valence-corrected chi connectivity index (χ1v) is 8.40. The van der Waals surface area contributed by atoms with Crippen LogP contribution in [-0.4, -0.2) is 15.0 Å². The molecule has 0 heterocycles. The molecule has 1 unspecified atom stereocenters. The van der Waals surface area contributed by atoms with Gasteiger partial charge in [-0.05, 0) is 35.7 Å². The quantitative estimate of drug-likeness (QED) is 0.940. The molecule has 0 amide bonds. The lowest BCUT2D eigenvalue weighted by Gasteiger charge is -2.30. The van der Waals surface area contributed by atoms with Crippen molar-refractivity contribution in [2.45, 2.75) is 17.2 Å². The highest BCUT2D eigenvalue weighted by molar-refractivity contribution is 7.89. The van der Waals surface area contributed by atoms with E-state index in [4.69, 9.17) is 21.5 Å². The number of sulfonamides is 1. The largest absolute Gasteiger partial charge is 0.492 e. The number of fused-ring (bicyclic) bond motifs is 1. The summed E-state index contributed by atoms with van der Waals surface area (Å²) in [5.74, 6) is 0.525. The van der Waals surface area contributed by atoms with E-state index in [0.717, 1.165) is 6.42 Å². The lowest BCUT2D eigenvalue weighted by atomic mass is 9.78. The fourth-order valence-electron chi connectivity index (χ4n) is 2.53. The number of hydrogen-bond donors (Lipinski definition) is 1. The summed E-state index contributed by atoms with van der Waals surface area (Å²) < 4.78 is 28.8. The third-order valence-electron chi connectivity index (χ3n) is 3.61. The maximum absolute atomic E-state index is 11.6. The fraction of sp³-hybridized carbons (Fsp3) is 0.200. The van der Waals surface area contributed by atoms with Crippen molar-refractivity contribution >= 4 is 21.6 Å². The highest BCUT2D eigenvalue weighted by atomic mass is 35.5. The maximum atomic E-state index is 11.6. The topological polar surface area (TPSA) is 69.4 Å². The number of ether oxygens (including phenoxy) is 1. The number of rotatable bonds is 4. The van der Waals surface area contributed by atoms with Gasteiger partial charge in [0.25, 0.3) is 0 Å². The zero-order chi connectivity index (χ0) is 15.0. The number of hydrogen-bond acceptors (Lipinski definition) is 3. The average Bonchev–Trinajstić information content (AvgIpc) is 2.40. The van der Waals surface area contributed by atoms with E-state index in [9.17, 15) is 8.42 Å². The molecule has 0 bridgehead atoms. The minimum atomic E-state index is -3.86. The van der Waals surface area contributed by atoms with Crippen molar-refractivity contribution < 1.29 is 13.2 Å². The normalized spacial score (nSPS) is 17.0. The number of benzene rings is 2. The predicted octanol–water partition coefficient (Wildman–Crippen LogP) is 2.71. The highest BCUT2D eigenvalue weighted by Crippen LogP contribution is 2.36. The van der Waals surface area contributed by atoms with Crippen LogP contribution in [0.2, 0.25) is 5.02 Å². The van der Waals surface area contributed by atoms with Gasteiger partial charge in [-0.1, -0.05) is 35.9 Å². The minimum Gasteiger partial charge on any atom is -0.492 e. The van der Waals surface area contributed by atoms with Crippen LogP contribution in [-0.2, 0) is 16.4 Å². The first kappa shape index (κ1) is 14.4. The van der Waals surface area contributed by atoms with Crippen molar-refractivity contribution in [3.63, 3.8) is 0 Å². The van der Waals surface area contributed by atoms with E-state index in [1.807, 2.05) is 12.1 Å². The van der Waals surface area contributed by atoms with Gasteiger partial charge in [0.05, 0.1) is 6.61 Å². The Labute approximate surface area is 128 Å². The molecule has 21 heavy (non-hydrogen) atoms. The van der Waals surface area contributed by atoms with E-state index in [1.54, 1.807) is 6.07 Å². The van der Waals surface area contributed by atoms with Gasteiger partial charge in [0.2, 0.25) is 10.0 Å². The first-order chi connectivity index (χ1) is 9.95. The molecule has 0 spiro atoms. The second-order valence-corrected chi connectivity index (χ2v) is 7.01. The van der Waals surface area contributed by atoms with E-state index in [-0.39, 0.29) is 16.6 Å². The summed E-state index contributed by atoms with van der Waals surface area (Å²) in [5.41, 5.74) is 2.57. The summed E-state index contributed by atoms with van der Waals surface area (Å²) >= 11 is 5.82. The molecule has 2 N–H and O–H groups in total. The summed E-state index contributed by atoms with van der Waals surface area (Å²) in [6.07, 6.45) is 0.939. The van der Waals surface area contributed by atoms with E-state index in [2.05, 4.69) is 12.1 Å². The van der Waals surface area contributed by atoms with Crippen LogP contribution >= 0.6 is 11.6 Å². The van der Waals surface area contributed by atoms with Gasteiger partial charge in [0.15, 0.2) is 0 Å². The summed E-state index contributed by atoms with van der Waals surface area (Å²) in [6.45, 7) is 0.418. The summed E-state index contributed by atoms with van der Waals surface area (Å²) in [7, 11) is -3.86. The smallest absolute Gasteiger partial charge is 0.241 e. The van der Waals surface area contributed by atoms with E-state index in [1.165, 1.54) is 23.3 Å². The van der Waals surface area contributed by atoms with Gasteiger partial charge in [-0.25, -0.2) is 13.6 Å². The number of halogens is 1. The third-order valence-corrected chi connectivity index (χ3v) is 4.78. The van der Waals surface area contributed by atoms with Gasteiger partial charge < -0.3 is 4.74 Å². The van der Waals surface area contributed by atoms with Gasteiger partial charge in [0, 0.05) is 10.9 Å². The Bertz CT molecular complexity index is 789. The molecule has 3 rings (SSSR count). The van der Waals surface area contributed by atoms with E-state index < -0.39 is 10.0 Å². The Morgan fingerprint density at radius 2 is 2.00 bits per heavy atom. The Morgan fingerprint density at radius 3 is 2.71 bits per heavy atom. The molecule has 0 radical (unpaired) electrons. The van der Waals surface area contributed by atoms with Gasteiger partial charge in [-0.15, -0.1) is 0 Å². The molecule has 0 aromatic heterocycles. The lowest BCUT2D eigenvalue weighted by molar-refractivity contribution is 0.269. The molecular formula is C15H14ClNO3S. The standard InChI is InChI=1S/C15H14ClNO3S/c16-12-5-6-14(15(8-12)21(17,18)19)20-9-11-7-10-3-1-2-4-13(10)11/h1-6,8,11H,7,9H2,(H2,17,18,19). The average molecular weight is 324 g/mol. The van der Waals surface area contributed by atoms with Crippen molar-refractivity contribution in [3.05, 3.63) is 58.6 Å². The Morgan fingerprint density at radius 1 is 1.24 bits per heavy atom. The molecule has 0 aliphatic heterocycles. The third kappa shape index (κ3) is 2.90. The molecule has 0 saturated carbocycles. The first-order valence-electron chi connectivity index (χ1n) is 6.48. The summed E-state index contributed by atoms with van der Waals surface area (Å²) in [5, 5.41) is 5.50. The molecule has 2 aromatic carbocycles. The number of nitrogens with two attached hydrogens (primary N) is 1. The van der Waals surface area contributed by atoms with E-state index in [0.29, 0.717) is 11.6 Å². The summed E-state index contributed by atoms with van der Waals surface area (Å²) in [6, 6.07) is 12.6. The van der Waals surface area contributed by atoms with Gasteiger partial charge >= 0.3 is 0 Å². The van der Waals surface area contributed by atoms with Crippen LogP contribution < -0.4 is 9.88 Å². The van der Waals surface area contributed by atoms with Crippen molar-refractivity contribution in [1.82, 2.24) is 0 Å². The molecule has 0 saturated heterocycles. The molecule has 4 nitrogen and oxygen atoms in total. The van der Waals surface area contributed by atoms with Crippen LogP contribution in [0.5, 0.6) is 5.75 Å². The van der Waals surface area contributed by atoms with Crippen LogP contribution in [0.15, 0.2) is 47.4 Å². The van der Waals surface area contributed by atoms with Crippen LogP contribution in [0, 0.1) is 0 Å². The van der Waals surface area contributed by atoms with Crippen LogP contribution in [0.3, 0.4) is 0 Å². The van der Waals surface area contributed by atoms with Gasteiger partial charge in [-0.3, -0.25) is 0 Å². The fourth-order valence-corrected chi connectivity index (χ4v) is 3.46. The molecule has 1 aliphatic rings. The monoisotopic (exact) mass is 323 g/mol. The molecule has 1 aliphatic carbocycles. The van der Waals surface area contributed by atoms with E-state index >= 15 is 0 Å². The minimum absolute atomic E-state index is 0.0809. The molecular weight excluding hydrogens is 310 g/mol. The molecule has 1 atom stereocenters. The van der Waals surface area contributed by atoms with Crippen molar-refractivity contribution in [3.8, 4) is 5.75 Å². The second-order valence-electron chi connectivity index (χ2n) is 5.05. The van der Waals surface area contributed by atoms with Crippen LogP contribution in [0.1, 0.15) is 17.0 Å². The SMILES string of the molecule is NS(=O)(=O)c1cc(Cl)ccc1OCC1Cc2ccccc21. The molecule has 0 fully saturated rings. The Balaban J connectivity index is 1.78. The van der Waals surface area contributed by atoms with Crippen molar-refractivity contribution in [2.24, 2.45) is 5.14 Å². The Kier molecular flexibility index (Phi) is 3.65. The van der Waals surface area contributed by atoms with Crippen LogP contribution in [0.4, 0.5) is 0 Å². The zero-order valence-corrected chi connectivity index (χ0v) is 12.7. The molecule has 110 valence electrons. The van der Waals surface area contributed by atoms with Crippen molar-refractivity contribution in [1.29, 1.82) is 0 Å². The lowest BCUT2D eigenvalue weighted by Crippen LogP contribution is -2.23. The van der Waals surface area contributed by atoms with Gasteiger partial charge in [0.1, 0.15) is 10.6 Å². The number of primary sulfonamides is 1. The highest BCUT2D eigenvalue weighted by Gasteiger charge is 2.26. The van der Waals surface area contributed by atoms with Crippen LogP contribution in [0.25, 0.3) is 0 Å². The Hall–Kier alpha value is -1.56.